The van der Waals surface area contributed by atoms with Gasteiger partial charge in [-0.1, -0.05) is 99.5 Å². The van der Waals surface area contributed by atoms with Crippen molar-refractivity contribution >= 4 is 53.0 Å². The van der Waals surface area contributed by atoms with Crippen LogP contribution in [0.4, 0.5) is 0 Å². The normalized spacial score (nSPS) is 23.3. The molecular weight excluding hydrogens is 631 g/mol. The second-order valence-corrected chi connectivity index (χ2v) is 12.6. The number of methoxy groups -OCH3 is 1. The summed E-state index contributed by atoms with van der Waals surface area (Å²) in [5.41, 5.74) is 1.57. The number of cyclic esters (lactones) is 2. The van der Waals surface area contributed by atoms with E-state index in [1.165, 1.54) is 13.2 Å². The minimum absolute atomic E-state index is 0.0316. The zero-order valence-electron chi connectivity index (χ0n) is 26.8. The monoisotopic (exact) mass is 672 g/mol. The third-order valence-corrected chi connectivity index (χ3v) is 7.97. The van der Waals surface area contributed by atoms with Gasteiger partial charge in [0.05, 0.1) is 23.1 Å². The molecular formula is C35H42Cl2N2O7. The molecule has 11 heteroatoms. The van der Waals surface area contributed by atoms with E-state index in [1.807, 2.05) is 63.3 Å². The van der Waals surface area contributed by atoms with E-state index in [9.17, 15) is 19.2 Å². The van der Waals surface area contributed by atoms with Gasteiger partial charge >= 0.3 is 11.9 Å². The van der Waals surface area contributed by atoms with Crippen LogP contribution in [0.5, 0.6) is 5.75 Å². The highest BCUT2D eigenvalue weighted by molar-refractivity contribution is 6.37. The fourth-order valence-corrected chi connectivity index (χ4v) is 5.47. The summed E-state index contributed by atoms with van der Waals surface area (Å²) < 4.78 is 16.8. The Kier molecular flexibility index (Phi) is 14.2. The highest BCUT2D eigenvalue weighted by atomic mass is 35.5. The summed E-state index contributed by atoms with van der Waals surface area (Å²) in [7, 11) is 1.44. The second-order valence-electron chi connectivity index (χ2n) is 11.8. The van der Waals surface area contributed by atoms with Crippen LogP contribution in [-0.4, -0.2) is 55.7 Å². The first kappa shape index (κ1) is 36.6. The number of halogens is 2. The Morgan fingerprint density at radius 3 is 2.30 bits per heavy atom. The number of hydrogen-bond donors (Lipinski definition) is 2. The molecule has 3 rings (SSSR count). The Labute approximate surface area is 280 Å². The fourth-order valence-electron chi connectivity index (χ4n) is 4.78. The number of hydrogen-bond acceptors (Lipinski definition) is 7. The fraction of sp³-hybridized carbons (Fsp3) is 0.429. The van der Waals surface area contributed by atoms with E-state index < -0.39 is 47.9 Å². The number of amides is 2. The van der Waals surface area contributed by atoms with Gasteiger partial charge in [0.25, 0.3) is 0 Å². The zero-order chi connectivity index (χ0) is 33.8. The quantitative estimate of drug-likeness (QED) is 0.332. The van der Waals surface area contributed by atoms with E-state index in [4.69, 9.17) is 37.4 Å². The largest absolute Gasteiger partial charge is 0.494 e. The molecule has 0 saturated heterocycles. The first-order chi connectivity index (χ1) is 21.9. The van der Waals surface area contributed by atoms with Crippen LogP contribution in [0.1, 0.15) is 51.7 Å². The summed E-state index contributed by atoms with van der Waals surface area (Å²) >= 11 is 12.6. The van der Waals surface area contributed by atoms with E-state index in [1.54, 1.807) is 25.1 Å². The predicted octanol–water partition coefficient (Wildman–Crippen LogP) is 5.96. The Morgan fingerprint density at radius 1 is 1.00 bits per heavy atom. The molecule has 0 bridgehead atoms. The van der Waals surface area contributed by atoms with Crippen molar-refractivity contribution in [2.45, 2.75) is 65.2 Å². The summed E-state index contributed by atoms with van der Waals surface area (Å²) in [5, 5.41) is 5.95. The van der Waals surface area contributed by atoms with Crippen LogP contribution in [0, 0.1) is 17.8 Å². The zero-order valence-corrected chi connectivity index (χ0v) is 28.3. The Morgan fingerprint density at radius 2 is 1.67 bits per heavy atom. The van der Waals surface area contributed by atoms with Crippen LogP contribution >= 0.6 is 23.2 Å². The third kappa shape index (κ3) is 11.2. The number of carbonyl (C=O) groups is 4. The number of carbonyl (C=O) groups excluding carboxylic acids is 4. The lowest BCUT2D eigenvalue weighted by Crippen LogP contribution is -2.49. The molecule has 46 heavy (non-hydrogen) atoms. The van der Waals surface area contributed by atoms with E-state index in [2.05, 4.69) is 10.6 Å². The molecule has 2 unspecified atom stereocenters. The summed E-state index contributed by atoms with van der Waals surface area (Å²) in [6.07, 6.45) is 5.48. The van der Waals surface area contributed by atoms with Crippen LogP contribution in [0.25, 0.3) is 6.08 Å². The number of benzene rings is 2. The van der Waals surface area contributed by atoms with Crippen molar-refractivity contribution in [2.24, 2.45) is 17.8 Å². The summed E-state index contributed by atoms with van der Waals surface area (Å²) in [6.45, 7) is 7.23. The topological polar surface area (TPSA) is 120 Å². The minimum atomic E-state index is -1.13. The van der Waals surface area contributed by atoms with Crippen molar-refractivity contribution in [3.8, 4) is 5.75 Å². The number of esters is 2. The van der Waals surface area contributed by atoms with Crippen molar-refractivity contribution < 1.29 is 33.4 Å². The van der Waals surface area contributed by atoms with Crippen molar-refractivity contribution in [1.29, 1.82) is 0 Å². The van der Waals surface area contributed by atoms with Crippen LogP contribution in [0.3, 0.4) is 0 Å². The molecule has 1 aliphatic heterocycles. The van der Waals surface area contributed by atoms with E-state index in [0.29, 0.717) is 11.3 Å². The lowest BCUT2D eigenvalue weighted by molar-refractivity contribution is -0.175. The van der Waals surface area contributed by atoms with E-state index in [0.717, 1.165) is 5.56 Å². The maximum atomic E-state index is 13.4. The van der Waals surface area contributed by atoms with Gasteiger partial charge in [-0.05, 0) is 41.7 Å². The van der Waals surface area contributed by atoms with Crippen molar-refractivity contribution in [3.05, 3.63) is 81.9 Å². The molecule has 2 N–H and O–H groups in total. The molecule has 2 amide bonds. The number of rotatable bonds is 8. The van der Waals surface area contributed by atoms with Crippen LogP contribution in [-0.2, 0) is 35.1 Å². The van der Waals surface area contributed by atoms with Gasteiger partial charge in [-0.3, -0.25) is 14.4 Å². The van der Waals surface area contributed by atoms with Crippen LogP contribution in [0.15, 0.2) is 60.7 Å². The second kappa shape index (κ2) is 17.8. The maximum absolute atomic E-state index is 13.4. The lowest BCUT2D eigenvalue weighted by Gasteiger charge is -2.26. The molecule has 2 aromatic rings. The predicted molar refractivity (Wildman–Crippen MR) is 178 cm³/mol. The molecule has 0 aliphatic carbocycles. The van der Waals surface area contributed by atoms with Crippen molar-refractivity contribution in [2.75, 3.05) is 13.7 Å². The van der Waals surface area contributed by atoms with Gasteiger partial charge in [0.1, 0.15) is 12.1 Å². The molecule has 5 atom stereocenters. The van der Waals surface area contributed by atoms with Gasteiger partial charge in [0.2, 0.25) is 11.8 Å². The van der Waals surface area contributed by atoms with Gasteiger partial charge in [-0.2, -0.15) is 0 Å². The van der Waals surface area contributed by atoms with Crippen LogP contribution in [0.2, 0.25) is 10.0 Å². The molecule has 1 heterocycles. The molecule has 0 saturated carbocycles. The maximum Gasteiger partial charge on any atom is 0.347 e. The number of nitrogens with one attached hydrogen (secondary N) is 2. The molecule has 0 fully saturated rings. The molecule has 9 nitrogen and oxygen atoms in total. The Hall–Kier alpha value is -3.82. The Bertz CT molecular complexity index is 1400. The van der Waals surface area contributed by atoms with Gasteiger partial charge in [0, 0.05) is 25.3 Å². The average molecular weight is 674 g/mol. The first-order valence-electron chi connectivity index (χ1n) is 15.3. The summed E-state index contributed by atoms with van der Waals surface area (Å²) in [6, 6.07) is 11.9. The van der Waals surface area contributed by atoms with E-state index in [-0.39, 0.29) is 47.7 Å². The standard InChI is InChI=1S/C35H42Cl2N2O7/c1-21(2)16-30-35(43)45-29(22(3)14-15-24-10-7-6-8-11-24)12-9-13-31(40)39-28(33(41)38-20-23(4)34(42)46-30)19-25-17-26(36)32(44-5)27(37)18-25/h6-11,13-15,17-18,21-23,28-30H,12,16,19-20H2,1-5H3,(H,38,41)(H,39,40)/b13-9+,15-14+/t22-,23-,28?,29?,30+/m1/s1. The van der Waals surface area contributed by atoms with Crippen LogP contribution < -0.4 is 15.4 Å². The smallest absolute Gasteiger partial charge is 0.347 e. The molecule has 0 aromatic heterocycles. The number of ether oxygens (including phenoxy) is 3. The van der Waals surface area contributed by atoms with Gasteiger partial charge in [-0.25, -0.2) is 4.79 Å². The van der Waals surface area contributed by atoms with Crippen molar-refractivity contribution in [3.63, 3.8) is 0 Å². The lowest BCUT2D eigenvalue weighted by atomic mass is 9.99. The molecule has 2 aromatic carbocycles. The summed E-state index contributed by atoms with van der Waals surface area (Å²) in [4.78, 5) is 52.8. The van der Waals surface area contributed by atoms with Gasteiger partial charge < -0.3 is 24.8 Å². The van der Waals surface area contributed by atoms with Gasteiger partial charge in [-0.15, -0.1) is 0 Å². The Balaban J connectivity index is 1.91. The minimum Gasteiger partial charge on any atom is -0.494 e. The molecule has 248 valence electrons. The molecule has 0 spiro atoms. The first-order valence-corrected chi connectivity index (χ1v) is 16.0. The molecule has 1 aliphatic rings. The average Bonchev–Trinajstić information content (AvgIpc) is 3.00. The van der Waals surface area contributed by atoms with Crippen molar-refractivity contribution in [1.82, 2.24) is 10.6 Å². The molecule has 0 radical (unpaired) electrons. The third-order valence-electron chi connectivity index (χ3n) is 7.41. The highest BCUT2D eigenvalue weighted by Gasteiger charge is 2.32. The SMILES string of the molecule is COc1c(Cl)cc(CC2NC(=O)/C=C/CC([C@H](C)/C=C/c3ccccc3)OC(=O)[C@H](CC(C)C)OC(=O)[C@H](C)CNC2=O)cc1Cl. The highest BCUT2D eigenvalue weighted by Crippen LogP contribution is 2.34. The van der Waals surface area contributed by atoms with E-state index >= 15 is 0 Å². The summed E-state index contributed by atoms with van der Waals surface area (Å²) in [5.74, 6) is -3.08. The van der Waals surface area contributed by atoms with Gasteiger partial charge in [0.15, 0.2) is 11.9 Å².